The molecular formula is C13H9BrF2N2S. The quantitative estimate of drug-likeness (QED) is 0.631. The lowest BCUT2D eigenvalue weighted by molar-refractivity contribution is 0.504. The van der Waals surface area contributed by atoms with Crippen molar-refractivity contribution in [2.45, 2.75) is 18.8 Å². The van der Waals surface area contributed by atoms with Crippen LogP contribution in [0.1, 0.15) is 24.5 Å². The van der Waals surface area contributed by atoms with Gasteiger partial charge in [-0.2, -0.15) is 0 Å². The highest BCUT2D eigenvalue weighted by molar-refractivity contribution is 9.10. The maximum absolute atomic E-state index is 13.6. The van der Waals surface area contributed by atoms with Crippen molar-refractivity contribution >= 4 is 28.1 Å². The van der Waals surface area contributed by atoms with Crippen LogP contribution < -0.4 is 0 Å². The predicted octanol–water partition coefficient (Wildman–Crippen LogP) is 4.72. The third-order valence-electron chi connectivity index (χ3n) is 3.07. The van der Waals surface area contributed by atoms with Crippen LogP contribution in [0.2, 0.25) is 0 Å². The zero-order chi connectivity index (χ0) is 13.6. The largest absolute Gasteiger partial charge is 0.343 e. The standard InChI is InChI=1S/C13H9BrF2N2S/c14-11-7(3-4-8(15)12(11)16)13-17-9(6-1-2-6)5-10(19)18-13/h3-6H,1-2H2,(H,17,18,19). The van der Waals surface area contributed by atoms with Gasteiger partial charge in [-0.3, -0.25) is 0 Å². The van der Waals surface area contributed by atoms with Crippen molar-refractivity contribution in [3.8, 4) is 11.4 Å². The lowest BCUT2D eigenvalue weighted by Gasteiger charge is -2.08. The highest BCUT2D eigenvalue weighted by atomic mass is 79.9. The fraction of sp³-hybridized carbons (Fsp3) is 0.231. The van der Waals surface area contributed by atoms with Crippen molar-refractivity contribution in [3.05, 3.63) is 44.6 Å². The summed E-state index contributed by atoms with van der Waals surface area (Å²) in [6, 6.07) is 4.38. The molecule has 0 saturated heterocycles. The molecule has 0 bridgehead atoms. The number of hydrogen-bond acceptors (Lipinski definition) is 2. The summed E-state index contributed by atoms with van der Waals surface area (Å²) in [5.41, 5.74) is 1.47. The number of hydrogen-bond donors (Lipinski definition) is 1. The Kier molecular flexibility index (Phi) is 3.22. The van der Waals surface area contributed by atoms with Gasteiger partial charge in [0.2, 0.25) is 0 Å². The van der Waals surface area contributed by atoms with E-state index in [9.17, 15) is 8.78 Å². The zero-order valence-corrected chi connectivity index (χ0v) is 12.1. The summed E-state index contributed by atoms with van der Waals surface area (Å²) in [5, 5.41) is 0. The van der Waals surface area contributed by atoms with Gasteiger partial charge in [0.05, 0.1) is 4.47 Å². The van der Waals surface area contributed by atoms with Crippen LogP contribution in [0.25, 0.3) is 11.4 Å². The number of halogens is 3. The first-order valence-corrected chi connectivity index (χ1v) is 7.01. The van der Waals surface area contributed by atoms with E-state index in [-0.39, 0.29) is 4.47 Å². The summed E-state index contributed by atoms with van der Waals surface area (Å²) in [6.07, 6.45) is 2.24. The van der Waals surface area contributed by atoms with Crippen molar-refractivity contribution in [3.63, 3.8) is 0 Å². The molecule has 0 amide bonds. The van der Waals surface area contributed by atoms with Crippen LogP contribution in [0, 0.1) is 16.3 Å². The summed E-state index contributed by atoms with van der Waals surface area (Å²) in [6.45, 7) is 0. The highest BCUT2D eigenvalue weighted by Crippen LogP contribution is 2.40. The molecule has 0 unspecified atom stereocenters. The average Bonchev–Trinajstić information content (AvgIpc) is 3.19. The van der Waals surface area contributed by atoms with E-state index in [1.807, 2.05) is 6.07 Å². The Balaban J connectivity index is 2.16. The number of aromatic amines is 1. The maximum atomic E-state index is 13.6. The van der Waals surface area contributed by atoms with Crippen molar-refractivity contribution in [1.29, 1.82) is 0 Å². The van der Waals surface area contributed by atoms with E-state index in [4.69, 9.17) is 12.2 Å². The molecule has 1 saturated carbocycles. The Labute approximate surface area is 122 Å². The van der Waals surface area contributed by atoms with E-state index in [0.717, 1.165) is 24.6 Å². The summed E-state index contributed by atoms with van der Waals surface area (Å²) in [7, 11) is 0. The first-order valence-electron chi connectivity index (χ1n) is 5.81. The molecule has 0 radical (unpaired) electrons. The van der Waals surface area contributed by atoms with Gasteiger partial charge in [0.25, 0.3) is 0 Å². The first-order chi connectivity index (χ1) is 9.06. The second-order valence-electron chi connectivity index (χ2n) is 4.52. The van der Waals surface area contributed by atoms with E-state index in [1.54, 1.807) is 0 Å². The van der Waals surface area contributed by atoms with E-state index >= 15 is 0 Å². The smallest absolute Gasteiger partial charge is 0.173 e. The molecule has 0 spiro atoms. The fourth-order valence-corrected chi connectivity index (χ4v) is 2.65. The minimum absolute atomic E-state index is 0.0543. The van der Waals surface area contributed by atoms with E-state index in [0.29, 0.717) is 21.9 Å². The monoisotopic (exact) mass is 342 g/mol. The summed E-state index contributed by atoms with van der Waals surface area (Å²) >= 11 is 8.18. The Bertz CT molecular complexity index is 710. The molecule has 1 N–H and O–H groups in total. The van der Waals surface area contributed by atoms with Crippen molar-refractivity contribution < 1.29 is 8.78 Å². The van der Waals surface area contributed by atoms with Crippen LogP contribution in [-0.2, 0) is 0 Å². The van der Waals surface area contributed by atoms with Gasteiger partial charge in [0.15, 0.2) is 11.6 Å². The molecule has 0 atom stereocenters. The molecule has 0 aliphatic heterocycles. The average molecular weight is 343 g/mol. The molecule has 3 rings (SSSR count). The Morgan fingerprint density at radius 2 is 2.05 bits per heavy atom. The second kappa shape index (κ2) is 4.76. The first kappa shape index (κ1) is 12.9. The SMILES string of the molecule is Fc1ccc(-c2nc(=S)cc(C3CC3)[nH]2)c(Br)c1F. The van der Waals surface area contributed by atoms with E-state index < -0.39 is 11.6 Å². The third kappa shape index (κ3) is 2.47. The zero-order valence-electron chi connectivity index (χ0n) is 9.71. The lowest BCUT2D eigenvalue weighted by atomic mass is 10.2. The third-order valence-corrected chi connectivity index (χ3v) is 4.06. The number of rotatable bonds is 2. The van der Waals surface area contributed by atoms with Crippen LogP contribution in [0.3, 0.4) is 0 Å². The number of nitrogens with one attached hydrogen (secondary N) is 1. The second-order valence-corrected chi connectivity index (χ2v) is 5.73. The van der Waals surface area contributed by atoms with Crippen molar-refractivity contribution in [2.24, 2.45) is 0 Å². The van der Waals surface area contributed by atoms with Crippen molar-refractivity contribution in [1.82, 2.24) is 9.97 Å². The minimum Gasteiger partial charge on any atom is -0.343 e. The van der Waals surface area contributed by atoms with Gasteiger partial charge in [-0.05, 0) is 52.9 Å². The molecule has 19 heavy (non-hydrogen) atoms. The van der Waals surface area contributed by atoms with Gasteiger partial charge >= 0.3 is 0 Å². The Morgan fingerprint density at radius 3 is 2.74 bits per heavy atom. The molecule has 1 aromatic heterocycles. The lowest BCUT2D eigenvalue weighted by Crippen LogP contribution is -1.97. The summed E-state index contributed by atoms with van der Waals surface area (Å²) in [5.74, 6) is -0.879. The Morgan fingerprint density at radius 1 is 1.32 bits per heavy atom. The number of benzene rings is 1. The minimum atomic E-state index is -0.921. The van der Waals surface area contributed by atoms with E-state index in [1.165, 1.54) is 6.07 Å². The van der Waals surface area contributed by atoms with Crippen LogP contribution >= 0.6 is 28.1 Å². The molecule has 1 aliphatic carbocycles. The highest BCUT2D eigenvalue weighted by Gasteiger charge is 2.25. The van der Waals surface area contributed by atoms with E-state index in [2.05, 4.69) is 25.9 Å². The molecule has 2 nitrogen and oxygen atoms in total. The van der Waals surface area contributed by atoms with Crippen LogP contribution in [-0.4, -0.2) is 9.97 Å². The van der Waals surface area contributed by atoms with Gasteiger partial charge < -0.3 is 4.98 Å². The topological polar surface area (TPSA) is 28.7 Å². The Hall–Kier alpha value is -1.14. The predicted molar refractivity (Wildman–Crippen MR) is 74.4 cm³/mol. The van der Waals surface area contributed by atoms with Crippen LogP contribution in [0.15, 0.2) is 22.7 Å². The van der Waals surface area contributed by atoms with Crippen LogP contribution in [0.5, 0.6) is 0 Å². The molecule has 1 fully saturated rings. The number of H-pyrrole nitrogens is 1. The molecule has 1 aliphatic rings. The molecular weight excluding hydrogens is 334 g/mol. The van der Waals surface area contributed by atoms with Gasteiger partial charge in [-0.15, -0.1) is 0 Å². The number of aromatic nitrogens is 2. The normalized spacial score (nSPS) is 14.7. The van der Waals surface area contributed by atoms with Crippen molar-refractivity contribution in [2.75, 3.05) is 0 Å². The number of nitrogens with zero attached hydrogens (tertiary/aromatic N) is 1. The molecule has 6 heteroatoms. The van der Waals surface area contributed by atoms with Gasteiger partial charge in [0.1, 0.15) is 10.5 Å². The summed E-state index contributed by atoms with van der Waals surface area (Å²) < 4.78 is 27.2. The van der Waals surface area contributed by atoms with Gasteiger partial charge in [-0.25, -0.2) is 13.8 Å². The van der Waals surface area contributed by atoms with Gasteiger partial charge in [0, 0.05) is 11.3 Å². The fourth-order valence-electron chi connectivity index (χ4n) is 1.93. The molecule has 98 valence electrons. The molecule has 2 aromatic rings. The van der Waals surface area contributed by atoms with Crippen LogP contribution in [0.4, 0.5) is 8.78 Å². The summed E-state index contributed by atoms with van der Waals surface area (Å²) in [4.78, 5) is 7.34. The molecule has 1 heterocycles. The molecule has 1 aromatic carbocycles. The maximum Gasteiger partial charge on any atom is 0.173 e. The van der Waals surface area contributed by atoms with Gasteiger partial charge in [-0.1, -0.05) is 12.2 Å².